The highest BCUT2D eigenvalue weighted by atomic mass is 31.0. The number of halogens is 2. The summed E-state index contributed by atoms with van der Waals surface area (Å²) in [4.78, 5) is 1.74. The van der Waals surface area contributed by atoms with Crippen molar-refractivity contribution in [2.75, 3.05) is 13.6 Å². The Morgan fingerprint density at radius 3 is 2.25 bits per heavy atom. The summed E-state index contributed by atoms with van der Waals surface area (Å²) in [6, 6.07) is -0.306. The average Bonchev–Trinajstić information content (AvgIpc) is 2.03. The van der Waals surface area contributed by atoms with Gasteiger partial charge in [0.2, 0.25) is 0 Å². The van der Waals surface area contributed by atoms with E-state index in [1.54, 1.807) is 11.9 Å². The quantitative estimate of drug-likeness (QED) is 0.578. The summed E-state index contributed by atoms with van der Waals surface area (Å²) in [5.74, 6) is 0. The Labute approximate surface area is 74.7 Å². The van der Waals surface area contributed by atoms with Crippen LogP contribution in [-0.2, 0) is 0 Å². The van der Waals surface area contributed by atoms with Gasteiger partial charge >= 0.3 is 0 Å². The first kappa shape index (κ1) is 10.3. The lowest BCUT2D eigenvalue weighted by molar-refractivity contribution is 0.0943. The van der Waals surface area contributed by atoms with Gasteiger partial charge in [-0.15, -0.1) is 0 Å². The van der Waals surface area contributed by atoms with Gasteiger partial charge in [-0.2, -0.15) is 0 Å². The van der Waals surface area contributed by atoms with Gasteiger partial charge < -0.3 is 0 Å². The fourth-order valence-corrected chi connectivity index (χ4v) is 2.34. The van der Waals surface area contributed by atoms with Crippen LogP contribution in [0.5, 0.6) is 0 Å². The lowest BCUT2D eigenvalue weighted by Crippen LogP contribution is -2.40. The van der Waals surface area contributed by atoms with Gasteiger partial charge in [0.15, 0.2) is 0 Å². The van der Waals surface area contributed by atoms with Gasteiger partial charge in [0, 0.05) is 19.0 Å². The summed E-state index contributed by atoms with van der Waals surface area (Å²) < 4.78 is 26.9. The molecule has 0 saturated carbocycles. The second-order valence-electron chi connectivity index (χ2n) is 4.23. The molecule has 0 N–H and O–H groups in total. The van der Waals surface area contributed by atoms with E-state index in [0.29, 0.717) is 6.54 Å². The molecule has 0 amide bonds. The fourth-order valence-electron chi connectivity index (χ4n) is 1.83. The zero-order valence-electron chi connectivity index (χ0n) is 7.77. The zero-order valence-corrected chi connectivity index (χ0v) is 8.93. The van der Waals surface area contributed by atoms with E-state index in [4.69, 9.17) is 0 Å². The van der Waals surface area contributed by atoms with E-state index in [1.165, 1.54) is 13.8 Å². The number of likely N-dealkylation sites (tertiary alicyclic amines) is 1. The van der Waals surface area contributed by atoms with Gasteiger partial charge in [-0.3, -0.25) is 4.90 Å². The molecule has 0 spiro atoms. The molecule has 0 aromatic rings. The van der Waals surface area contributed by atoms with E-state index in [-0.39, 0.29) is 12.5 Å². The molecule has 0 bridgehead atoms. The van der Waals surface area contributed by atoms with E-state index in [1.807, 2.05) is 0 Å². The largest absolute Gasteiger partial charge is 0.297 e. The average molecular weight is 195 g/mol. The van der Waals surface area contributed by atoms with E-state index >= 15 is 0 Å². The third-order valence-electron chi connectivity index (χ3n) is 2.37. The van der Waals surface area contributed by atoms with Crippen LogP contribution < -0.4 is 0 Å². The molecule has 3 unspecified atom stereocenters. The normalized spacial score (nSPS) is 39.0. The van der Waals surface area contributed by atoms with E-state index < -0.39 is 11.1 Å². The molecule has 0 aliphatic carbocycles. The summed E-state index contributed by atoms with van der Waals surface area (Å²) >= 11 is 0. The predicted molar refractivity (Wildman–Crippen MR) is 49.8 cm³/mol. The van der Waals surface area contributed by atoms with Gasteiger partial charge in [-0.1, -0.05) is 9.24 Å². The second kappa shape index (κ2) is 2.88. The summed E-state index contributed by atoms with van der Waals surface area (Å²) in [5, 5.41) is -1.30. The van der Waals surface area contributed by atoms with Crippen LogP contribution in [0.25, 0.3) is 0 Å². The molecule has 1 rings (SSSR count). The first-order valence-corrected chi connectivity index (χ1v) is 4.67. The van der Waals surface area contributed by atoms with Crippen LogP contribution in [-0.4, -0.2) is 35.6 Å². The molecule has 1 aliphatic heterocycles. The second-order valence-corrected chi connectivity index (χ2v) is 5.27. The smallest absolute Gasteiger partial charge is 0.137 e. The number of hydrogen-bond donors (Lipinski definition) is 0. The third-order valence-corrected chi connectivity index (χ3v) is 2.79. The topological polar surface area (TPSA) is 3.24 Å². The molecule has 0 aromatic heterocycles. The number of hydrogen-bond acceptors (Lipinski definition) is 1. The predicted octanol–water partition coefficient (Wildman–Crippen LogP) is 1.98. The van der Waals surface area contributed by atoms with Crippen molar-refractivity contribution < 1.29 is 8.78 Å². The van der Waals surface area contributed by atoms with Crippen molar-refractivity contribution in [2.24, 2.45) is 0 Å². The number of alkyl halides is 2. The van der Waals surface area contributed by atoms with Crippen molar-refractivity contribution in [3.8, 4) is 0 Å². The maximum Gasteiger partial charge on any atom is 0.137 e. The molecule has 1 nitrogen and oxygen atoms in total. The molecular weight excluding hydrogens is 179 g/mol. The van der Waals surface area contributed by atoms with Crippen molar-refractivity contribution in [1.29, 1.82) is 0 Å². The van der Waals surface area contributed by atoms with Crippen molar-refractivity contribution in [3.05, 3.63) is 0 Å². The van der Waals surface area contributed by atoms with Gasteiger partial charge in [-0.25, -0.2) is 8.78 Å². The van der Waals surface area contributed by atoms with Gasteiger partial charge in [0.1, 0.15) is 11.1 Å². The molecule has 0 aromatic carbocycles. The standard InChI is InChI=1S/C8H16F2NP/c1-7(2,9)6-4-8(10,12)5-11(6)3/h6H,4-5,12H2,1-3H3. The molecular formula is C8H16F2NP. The molecule has 0 radical (unpaired) electrons. The molecule has 3 atom stereocenters. The molecule has 1 saturated heterocycles. The minimum Gasteiger partial charge on any atom is -0.297 e. The molecule has 1 aliphatic rings. The lowest BCUT2D eigenvalue weighted by Gasteiger charge is -2.28. The first-order chi connectivity index (χ1) is 5.22. The van der Waals surface area contributed by atoms with Crippen molar-refractivity contribution in [3.63, 3.8) is 0 Å². The molecule has 4 heteroatoms. The third kappa shape index (κ3) is 2.14. The van der Waals surface area contributed by atoms with Crippen molar-refractivity contribution in [2.45, 2.75) is 37.4 Å². The Balaban J connectivity index is 2.71. The Hall–Kier alpha value is 0.250. The highest BCUT2D eigenvalue weighted by Gasteiger charge is 2.46. The lowest BCUT2D eigenvalue weighted by atomic mass is 9.98. The van der Waals surface area contributed by atoms with Crippen LogP contribution in [0, 0.1) is 0 Å². The summed E-state index contributed by atoms with van der Waals surface area (Å²) in [6.07, 6.45) is 0.262. The maximum absolute atomic E-state index is 13.5. The highest BCUT2D eigenvalue weighted by Crippen LogP contribution is 2.40. The Morgan fingerprint density at radius 1 is 1.58 bits per heavy atom. The highest BCUT2D eigenvalue weighted by molar-refractivity contribution is 7.18. The summed E-state index contributed by atoms with van der Waals surface area (Å²) in [6.45, 7) is 3.30. The maximum atomic E-state index is 13.5. The van der Waals surface area contributed by atoms with Crippen LogP contribution in [0.1, 0.15) is 20.3 Å². The number of nitrogens with zero attached hydrogens (tertiary/aromatic N) is 1. The minimum atomic E-state index is -1.32. The van der Waals surface area contributed by atoms with Crippen LogP contribution in [0.15, 0.2) is 0 Å². The minimum absolute atomic E-state index is 0.262. The SMILES string of the molecule is CN1CC(F)(P)CC1C(C)(C)F. The van der Waals surface area contributed by atoms with Crippen LogP contribution in [0.3, 0.4) is 0 Å². The fraction of sp³-hybridized carbons (Fsp3) is 1.00. The van der Waals surface area contributed by atoms with Gasteiger partial charge in [-0.05, 0) is 20.9 Å². The molecule has 12 heavy (non-hydrogen) atoms. The van der Waals surface area contributed by atoms with Crippen LogP contribution in [0.2, 0.25) is 0 Å². The Bertz CT molecular complexity index is 176. The van der Waals surface area contributed by atoms with Crippen LogP contribution in [0.4, 0.5) is 8.78 Å². The summed E-state index contributed by atoms with van der Waals surface area (Å²) in [7, 11) is 3.92. The Morgan fingerprint density at radius 2 is 2.08 bits per heavy atom. The Kier molecular flexibility index (Phi) is 2.48. The monoisotopic (exact) mass is 195 g/mol. The summed E-state index contributed by atoms with van der Waals surface area (Å²) in [5.41, 5.74) is -1.32. The van der Waals surface area contributed by atoms with Gasteiger partial charge in [0.05, 0.1) is 0 Å². The van der Waals surface area contributed by atoms with Crippen LogP contribution >= 0.6 is 9.24 Å². The van der Waals surface area contributed by atoms with E-state index in [9.17, 15) is 8.78 Å². The molecule has 1 heterocycles. The van der Waals surface area contributed by atoms with E-state index in [0.717, 1.165) is 0 Å². The first-order valence-electron chi connectivity index (χ1n) is 4.09. The molecule has 1 fully saturated rings. The number of rotatable bonds is 1. The van der Waals surface area contributed by atoms with E-state index in [2.05, 4.69) is 9.24 Å². The van der Waals surface area contributed by atoms with Crippen molar-refractivity contribution >= 4 is 9.24 Å². The van der Waals surface area contributed by atoms with Crippen molar-refractivity contribution in [1.82, 2.24) is 4.90 Å². The molecule has 72 valence electrons. The zero-order chi connectivity index (χ0) is 9.57. The van der Waals surface area contributed by atoms with Gasteiger partial charge in [0.25, 0.3) is 0 Å².